The smallest absolute Gasteiger partial charge is 0.251 e. The highest BCUT2D eigenvalue weighted by Crippen LogP contribution is 2.35. The number of ether oxygens (including phenoxy) is 3. The first-order chi connectivity index (χ1) is 21.3. The molecule has 228 valence electrons. The monoisotopic (exact) mass is 637 g/mol. The number of nitrogens with one attached hydrogen (secondary N) is 2. The number of nitrogen functional groups attached to an aromatic ring is 1. The van der Waals surface area contributed by atoms with Crippen molar-refractivity contribution < 1.29 is 33.0 Å². The highest BCUT2D eigenvalue weighted by atomic mass is 32.1. The molecule has 0 bridgehead atoms. The lowest BCUT2D eigenvalue weighted by atomic mass is 10.1. The molecule has 0 aliphatic carbocycles. The number of likely N-dealkylation sites (tertiary alicyclic amines) is 1. The van der Waals surface area contributed by atoms with Gasteiger partial charge in [0, 0.05) is 27.8 Å². The Morgan fingerprint density at radius 1 is 1.07 bits per heavy atom. The lowest BCUT2D eigenvalue weighted by Gasteiger charge is -2.24. The van der Waals surface area contributed by atoms with Crippen LogP contribution in [0.3, 0.4) is 0 Å². The van der Waals surface area contributed by atoms with Gasteiger partial charge in [-0.2, -0.15) is 0 Å². The van der Waals surface area contributed by atoms with E-state index in [1.807, 2.05) is 11.4 Å². The third kappa shape index (κ3) is 6.73. The highest BCUT2D eigenvalue weighted by Gasteiger charge is 2.52. The Morgan fingerprint density at radius 3 is 2.45 bits per heavy atom. The van der Waals surface area contributed by atoms with E-state index in [2.05, 4.69) is 15.6 Å². The number of nitrogens with two attached hydrogens (primary N) is 1. The quantitative estimate of drug-likeness (QED) is 0.252. The number of carbonyl (C=O) groups is 3. The van der Waals surface area contributed by atoms with Crippen LogP contribution in [-0.2, 0) is 25.6 Å². The molecule has 4 heterocycles. The molecule has 0 radical (unpaired) electrons. The maximum absolute atomic E-state index is 13.3. The van der Waals surface area contributed by atoms with Gasteiger partial charge in [0.25, 0.3) is 5.91 Å². The Balaban J connectivity index is 1.05. The van der Waals surface area contributed by atoms with Crippen LogP contribution in [0, 0.1) is 5.82 Å². The number of thiazole rings is 1. The summed E-state index contributed by atoms with van der Waals surface area (Å²) in [7, 11) is 0. The molecule has 11 nitrogen and oxygen atoms in total. The third-order valence-corrected chi connectivity index (χ3v) is 8.97. The summed E-state index contributed by atoms with van der Waals surface area (Å²) in [6.07, 6.45) is 1.79. The Bertz CT molecular complexity index is 1650. The molecule has 2 aliphatic rings. The van der Waals surface area contributed by atoms with E-state index in [4.69, 9.17) is 19.9 Å². The molecule has 2 aromatic heterocycles. The van der Waals surface area contributed by atoms with Crippen LogP contribution in [0.15, 0.2) is 66.2 Å². The van der Waals surface area contributed by atoms with Crippen molar-refractivity contribution in [1.82, 2.24) is 20.5 Å². The summed E-state index contributed by atoms with van der Waals surface area (Å²) in [6.45, 7) is 0.761. The SMILES string of the molecule is Nc1cnc(-c2csc(CNC(=O)C3CC4(CN3C(=O)CNC(=O)c3ccc(Oc5ccc(F)cc5)cc3)OCCO4)c2)s1. The number of hydrogen-bond donors (Lipinski definition) is 3. The number of nitrogens with zero attached hydrogens (tertiary/aromatic N) is 2. The summed E-state index contributed by atoms with van der Waals surface area (Å²) < 4.78 is 30.4. The second-order valence-electron chi connectivity index (χ2n) is 10.2. The molecular formula is C30H28FN5O6S2. The molecule has 6 rings (SSSR count). The van der Waals surface area contributed by atoms with Crippen LogP contribution in [0.25, 0.3) is 10.6 Å². The fourth-order valence-corrected chi connectivity index (χ4v) is 6.56. The number of anilines is 1. The van der Waals surface area contributed by atoms with E-state index < -0.39 is 23.6 Å². The Morgan fingerprint density at radius 2 is 1.77 bits per heavy atom. The van der Waals surface area contributed by atoms with Gasteiger partial charge in [-0.3, -0.25) is 14.4 Å². The third-order valence-electron chi connectivity index (χ3n) is 7.16. The topological polar surface area (TPSA) is 145 Å². The molecule has 14 heteroatoms. The number of carbonyl (C=O) groups excluding carboxylic acids is 3. The number of thiophene rings is 1. The van der Waals surface area contributed by atoms with Crippen LogP contribution in [0.2, 0.25) is 0 Å². The molecular weight excluding hydrogens is 609 g/mol. The van der Waals surface area contributed by atoms with E-state index >= 15 is 0 Å². The van der Waals surface area contributed by atoms with Crippen LogP contribution in [0.1, 0.15) is 21.7 Å². The normalized spacial score (nSPS) is 17.1. The van der Waals surface area contributed by atoms with Crippen molar-refractivity contribution >= 4 is 45.4 Å². The van der Waals surface area contributed by atoms with Crippen molar-refractivity contribution in [3.63, 3.8) is 0 Å². The van der Waals surface area contributed by atoms with Crippen molar-refractivity contribution in [2.45, 2.75) is 24.8 Å². The van der Waals surface area contributed by atoms with Gasteiger partial charge in [0.05, 0.1) is 39.0 Å². The van der Waals surface area contributed by atoms with Crippen molar-refractivity contribution in [2.24, 2.45) is 0 Å². The molecule has 4 aromatic rings. The Kier molecular flexibility index (Phi) is 8.57. The number of halogens is 1. The highest BCUT2D eigenvalue weighted by molar-refractivity contribution is 7.19. The van der Waals surface area contributed by atoms with Gasteiger partial charge in [-0.15, -0.1) is 11.3 Å². The van der Waals surface area contributed by atoms with E-state index in [-0.39, 0.29) is 37.8 Å². The Labute approximate surface area is 259 Å². The molecule has 44 heavy (non-hydrogen) atoms. The van der Waals surface area contributed by atoms with Gasteiger partial charge in [0.15, 0.2) is 5.79 Å². The zero-order valence-electron chi connectivity index (χ0n) is 23.3. The summed E-state index contributed by atoms with van der Waals surface area (Å²) in [5.41, 5.74) is 7.03. The fourth-order valence-electron chi connectivity index (χ4n) is 5.01. The van der Waals surface area contributed by atoms with Crippen LogP contribution in [0.4, 0.5) is 9.39 Å². The van der Waals surface area contributed by atoms with E-state index in [1.165, 1.54) is 51.8 Å². The standard InChI is InChI=1S/C30H28FN5O6S2/c31-20-3-7-22(8-4-20)42-21-5-1-18(2-6-21)27(38)34-15-26(37)36-17-30(40-9-10-41-30)12-24(36)28(39)33-13-23-11-19(16-43-23)29-35-14-25(32)44-29/h1-8,11,14,16,24H,9-10,12-13,15,17,32H2,(H,33,39)(H,34,38). The summed E-state index contributed by atoms with van der Waals surface area (Å²) in [6, 6.07) is 13.0. The largest absolute Gasteiger partial charge is 0.457 e. The minimum absolute atomic E-state index is 0.0732. The van der Waals surface area contributed by atoms with Crippen molar-refractivity contribution in [1.29, 1.82) is 0 Å². The Hall–Kier alpha value is -4.37. The second kappa shape index (κ2) is 12.7. The predicted octanol–water partition coefficient (Wildman–Crippen LogP) is 3.78. The zero-order chi connectivity index (χ0) is 30.7. The first kappa shape index (κ1) is 29.7. The summed E-state index contributed by atoms with van der Waals surface area (Å²) in [5, 5.41) is 8.94. The van der Waals surface area contributed by atoms with Crippen LogP contribution in [0.5, 0.6) is 11.5 Å². The van der Waals surface area contributed by atoms with Crippen molar-refractivity contribution in [3.8, 4) is 22.1 Å². The van der Waals surface area contributed by atoms with Gasteiger partial charge in [0.1, 0.15) is 33.4 Å². The summed E-state index contributed by atoms with van der Waals surface area (Å²) in [4.78, 5) is 46.1. The van der Waals surface area contributed by atoms with Crippen LogP contribution < -0.4 is 21.1 Å². The zero-order valence-corrected chi connectivity index (χ0v) is 24.9. The lowest BCUT2D eigenvalue weighted by Crippen LogP contribution is -2.49. The average Bonchev–Trinajstić information content (AvgIpc) is 3.84. The minimum Gasteiger partial charge on any atom is -0.457 e. The van der Waals surface area contributed by atoms with E-state index in [1.54, 1.807) is 30.5 Å². The molecule has 1 spiro atoms. The first-order valence-corrected chi connectivity index (χ1v) is 15.4. The predicted molar refractivity (Wildman–Crippen MR) is 162 cm³/mol. The van der Waals surface area contributed by atoms with E-state index in [0.717, 1.165) is 15.4 Å². The molecule has 4 N–H and O–H groups in total. The van der Waals surface area contributed by atoms with Gasteiger partial charge < -0.3 is 35.5 Å². The van der Waals surface area contributed by atoms with Crippen molar-refractivity contribution in [2.75, 3.05) is 32.0 Å². The number of rotatable bonds is 9. The van der Waals surface area contributed by atoms with Crippen molar-refractivity contribution in [3.05, 3.63) is 82.4 Å². The maximum atomic E-state index is 13.3. The number of aromatic nitrogens is 1. The molecule has 1 atom stereocenters. The van der Waals surface area contributed by atoms with Crippen LogP contribution >= 0.6 is 22.7 Å². The van der Waals surface area contributed by atoms with Crippen LogP contribution in [-0.4, -0.2) is 65.7 Å². The molecule has 2 aliphatic heterocycles. The lowest BCUT2D eigenvalue weighted by molar-refractivity contribution is -0.152. The first-order valence-electron chi connectivity index (χ1n) is 13.7. The molecule has 1 unspecified atom stereocenters. The number of hydrogen-bond acceptors (Lipinski definition) is 10. The van der Waals surface area contributed by atoms with Gasteiger partial charge in [-0.05, 0) is 54.6 Å². The summed E-state index contributed by atoms with van der Waals surface area (Å²) in [5.74, 6) is -1.76. The van der Waals surface area contributed by atoms with Gasteiger partial charge >= 0.3 is 0 Å². The second-order valence-corrected chi connectivity index (χ2v) is 12.3. The molecule has 3 amide bonds. The molecule has 2 aromatic carbocycles. The maximum Gasteiger partial charge on any atom is 0.251 e. The number of amides is 3. The van der Waals surface area contributed by atoms with Gasteiger partial charge in [-0.25, -0.2) is 9.37 Å². The van der Waals surface area contributed by atoms with Gasteiger partial charge in [0.2, 0.25) is 11.8 Å². The molecule has 2 saturated heterocycles. The molecule has 0 saturated carbocycles. The summed E-state index contributed by atoms with van der Waals surface area (Å²) >= 11 is 2.87. The fraction of sp³-hybridized carbons (Fsp3) is 0.267. The number of benzene rings is 2. The van der Waals surface area contributed by atoms with Gasteiger partial charge in [-0.1, -0.05) is 11.3 Å². The minimum atomic E-state index is -1.05. The van der Waals surface area contributed by atoms with E-state index in [9.17, 15) is 18.8 Å². The van der Waals surface area contributed by atoms with E-state index in [0.29, 0.717) is 35.3 Å². The average molecular weight is 638 g/mol. The molecule has 2 fully saturated rings.